The summed E-state index contributed by atoms with van der Waals surface area (Å²) in [6.07, 6.45) is 5.01. The third-order valence-corrected chi connectivity index (χ3v) is 6.97. The van der Waals surface area contributed by atoms with Gasteiger partial charge in [-0.3, -0.25) is 10.1 Å². The van der Waals surface area contributed by atoms with Crippen LogP contribution in [0.3, 0.4) is 0 Å². The molecule has 0 amide bonds. The molecule has 2 fully saturated rings. The summed E-state index contributed by atoms with van der Waals surface area (Å²) in [5, 5.41) is 12.3. The first-order chi connectivity index (χ1) is 13.6. The van der Waals surface area contributed by atoms with Crippen LogP contribution >= 0.6 is 11.8 Å². The Morgan fingerprint density at radius 3 is 2.48 bits per heavy atom. The molecule has 0 N–H and O–H groups in total. The third-order valence-electron chi connectivity index (χ3n) is 5.90. The number of benzene rings is 1. The quantitative estimate of drug-likeness (QED) is 0.448. The van der Waals surface area contributed by atoms with Crippen LogP contribution in [0.5, 0.6) is 0 Å². The molecule has 160 valence electrons. The highest BCUT2D eigenvalue weighted by atomic mass is 32.2. The lowest BCUT2D eigenvalue weighted by Crippen LogP contribution is -2.48. The predicted molar refractivity (Wildman–Crippen MR) is 120 cm³/mol. The maximum Gasteiger partial charge on any atom is 0.272 e. The topological polar surface area (TPSA) is 68.0 Å². The van der Waals surface area contributed by atoms with Crippen molar-refractivity contribution in [1.29, 1.82) is 0 Å². The number of nitrogens with zero attached hydrogens (tertiary/aromatic N) is 3. The van der Waals surface area contributed by atoms with Crippen LogP contribution < -0.4 is 0 Å². The van der Waals surface area contributed by atoms with E-state index in [4.69, 9.17) is 9.73 Å². The molecule has 2 atom stereocenters. The van der Waals surface area contributed by atoms with Gasteiger partial charge in [-0.15, -0.1) is 0 Å². The van der Waals surface area contributed by atoms with Gasteiger partial charge < -0.3 is 9.64 Å². The Morgan fingerprint density at radius 1 is 1.24 bits per heavy atom. The molecule has 2 aliphatic rings. The van der Waals surface area contributed by atoms with Crippen LogP contribution in [0.4, 0.5) is 11.4 Å². The Bertz CT molecular complexity index is 797. The second-order valence-corrected chi connectivity index (χ2v) is 10.2. The minimum Gasteiger partial charge on any atom is -0.371 e. The van der Waals surface area contributed by atoms with Crippen molar-refractivity contribution in [2.45, 2.75) is 91.0 Å². The zero-order valence-corrected chi connectivity index (χ0v) is 19.2. The van der Waals surface area contributed by atoms with E-state index in [2.05, 4.69) is 32.6 Å². The van der Waals surface area contributed by atoms with Gasteiger partial charge in [0.25, 0.3) is 5.69 Å². The van der Waals surface area contributed by atoms with Crippen molar-refractivity contribution in [3.05, 3.63) is 33.4 Å². The lowest BCUT2D eigenvalue weighted by atomic mass is 10.1. The number of thioether (sulfide) groups is 1. The molecule has 1 aliphatic carbocycles. The monoisotopic (exact) mass is 419 g/mol. The Labute approximate surface area is 178 Å². The van der Waals surface area contributed by atoms with E-state index in [0.717, 1.165) is 22.2 Å². The fourth-order valence-electron chi connectivity index (χ4n) is 4.37. The van der Waals surface area contributed by atoms with Crippen molar-refractivity contribution in [3.8, 4) is 0 Å². The van der Waals surface area contributed by atoms with E-state index in [-0.39, 0.29) is 22.3 Å². The van der Waals surface area contributed by atoms with Crippen molar-refractivity contribution in [3.63, 3.8) is 0 Å². The first-order valence-electron chi connectivity index (χ1n) is 10.5. The first-order valence-corrected chi connectivity index (χ1v) is 11.5. The molecule has 0 radical (unpaired) electrons. The van der Waals surface area contributed by atoms with Gasteiger partial charge in [0.15, 0.2) is 5.17 Å². The van der Waals surface area contributed by atoms with E-state index in [1.807, 2.05) is 6.92 Å². The number of nitro groups is 1. The Balaban J connectivity index is 1.93. The standard InChI is InChI=1S/C22H33N3O3S/c1-14-15(2)19(25(26)27)12-11-18(14)23-21-24(17-9-7-8-10-17)20(13-29-21)16(3)28-22(4,5)6/h11-12,16-17,20H,7-10,13H2,1-6H3/t16-,20-/m1/s1. The van der Waals surface area contributed by atoms with Crippen molar-refractivity contribution < 1.29 is 9.66 Å². The Kier molecular flexibility index (Phi) is 6.58. The fraction of sp³-hybridized carbons (Fsp3) is 0.682. The van der Waals surface area contributed by atoms with Gasteiger partial charge in [0.05, 0.1) is 28.4 Å². The molecule has 3 rings (SSSR count). The molecule has 0 unspecified atom stereocenters. The molecule has 7 heteroatoms. The van der Waals surface area contributed by atoms with E-state index in [0.29, 0.717) is 17.6 Å². The second kappa shape index (κ2) is 8.64. The summed E-state index contributed by atoms with van der Waals surface area (Å²) in [6.45, 7) is 12.2. The first kappa shape index (κ1) is 22.1. The van der Waals surface area contributed by atoms with Gasteiger partial charge >= 0.3 is 0 Å². The minimum atomic E-state index is -0.323. The highest BCUT2D eigenvalue weighted by Gasteiger charge is 2.40. The molecule has 0 aromatic heterocycles. The molecule has 1 aromatic carbocycles. The average molecular weight is 420 g/mol. The van der Waals surface area contributed by atoms with E-state index in [1.54, 1.807) is 30.8 Å². The number of nitro benzene ring substituents is 1. The largest absolute Gasteiger partial charge is 0.371 e. The number of aliphatic imine (C=N–C) groups is 1. The smallest absolute Gasteiger partial charge is 0.272 e. The Hall–Kier alpha value is -1.60. The number of rotatable bonds is 5. The molecular formula is C22H33N3O3S. The summed E-state index contributed by atoms with van der Waals surface area (Å²) in [7, 11) is 0. The number of amidine groups is 1. The predicted octanol–water partition coefficient (Wildman–Crippen LogP) is 5.76. The highest BCUT2D eigenvalue weighted by molar-refractivity contribution is 8.14. The van der Waals surface area contributed by atoms with E-state index >= 15 is 0 Å². The number of hydrogen-bond donors (Lipinski definition) is 0. The van der Waals surface area contributed by atoms with Crippen molar-refractivity contribution >= 4 is 28.3 Å². The summed E-state index contributed by atoms with van der Waals surface area (Å²) in [4.78, 5) is 18.4. The summed E-state index contributed by atoms with van der Waals surface area (Å²) >= 11 is 1.78. The maximum atomic E-state index is 11.2. The van der Waals surface area contributed by atoms with Crippen molar-refractivity contribution in [1.82, 2.24) is 4.90 Å². The van der Waals surface area contributed by atoms with E-state index in [9.17, 15) is 10.1 Å². The van der Waals surface area contributed by atoms with Gasteiger partial charge in [0.1, 0.15) is 0 Å². The van der Waals surface area contributed by atoms with Gasteiger partial charge in [-0.1, -0.05) is 24.6 Å². The fourth-order valence-corrected chi connectivity index (χ4v) is 5.72. The minimum absolute atomic E-state index is 0.107. The SMILES string of the molecule is Cc1c(N=C2SC[C@H]([C@@H](C)OC(C)(C)C)N2C2CCCC2)ccc([N+](=O)[O-])c1C. The van der Waals surface area contributed by atoms with E-state index in [1.165, 1.54) is 25.7 Å². The summed E-state index contributed by atoms with van der Waals surface area (Å²) in [5.74, 6) is 0.956. The number of ether oxygens (including phenoxy) is 1. The van der Waals surface area contributed by atoms with Crippen LogP contribution in [-0.2, 0) is 4.74 Å². The molecule has 0 spiro atoms. The number of hydrogen-bond acceptors (Lipinski definition) is 5. The molecule has 1 aromatic rings. The van der Waals surface area contributed by atoms with Crippen LogP contribution in [0.25, 0.3) is 0 Å². The van der Waals surface area contributed by atoms with Crippen molar-refractivity contribution in [2.75, 3.05) is 5.75 Å². The molecule has 1 aliphatic heterocycles. The van der Waals surface area contributed by atoms with Crippen LogP contribution in [0.15, 0.2) is 17.1 Å². The summed E-state index contributed by atoms with van der Waals surface area (Å²) in [6, 6.07) is 4.15. The van der Waals surface area contributed by atoms with Gasteiger partial charge in [-0.25, -0.2) is 4.99 Å². The highest BCUT2D eigenvalue weighted by Crippen LogP contribution is 2.38. The van der Waals surface area contributed by atoms with E-state index < -0.39 is 0 Å². The van der Waals surface area contributed by atoms with Gasteiger partial charge in [0, 0.05) is 23.4 Å². The molecule has 29 heavy (non-hydrogen) atoms. The Morgan fingerprint density at radius 2 is 1.90 bits per heavy atom. The van der Waals surface area contributed by atoms with Crippen molar-refractivity contribution in [2.24, 2.45) is 4.99 Å². The molecule has 1 saturated carbocycles. The molecule has 6 nitrogen and oxygen atoms in total. The van der Waals surface area contributed by atoms with Crippen LogP contribution in [-0.4, -0.2) is 44.5 Å². The average Bonchev–Trinajstić information content (AvgIpc) is 3.26. The summed E-state index contributed by atoms with van der Waals surface area (Å²) < 4.78 is 6.31. The van der Waals surface area contributed by atoms with Crippen LogP contribution in [0.2, 0.25) is 0 Å². The van der Waals surface area contributed by atoms with Gasteiger partial charge in [0.2, 0.25) is 0 Å². The van der Waals surface area contributed by atoms with Crippen LogP contribution in [0.1, 0.15) is 64.5 Å². The normalized spacial score (nSPS) is 23.2. The van der Waals surface area contributed by atoms with Gasteiger partial charge in [-0.05, 0) is 66.0 Å². The van der Waals surface area contributed by atoms with Gasteiger partial charge in [-0.2, -0.15) is 0 Å². The molecule has 0 bridgehead atoms. The summed E-state index contributed by atoms with van der Waals surface area (Å²) in [5.41, 5.74) is 2.36. The zero-order chi connectivity index (χ0) is 21.3. The lowest BCUT2D eigenvalue weighted by molar-refractivity contribution is -0.385. The third kappa shape index (κ3) is 4.94. The lowest BCUT2D eigenvalue weighted by Gasteiger charge is -2.37. The molecular weight excluding hydrogens is 386 g/mol. The maximum absolute atomic E-state index is 11.2. The molecule has 1 saturated heterocycles. The van der Waals surface area contributed by atoms with Crippen LogP contribution in [0, 0.1) is 24.0 Å². The molecule has 1 heterocycles. The second-order valence-electron chi connectivity index (χ2n) is 9.16. The zero-order valence-electron chi connectivity index (χ0n) is 18.4.